The number of halogens is 2. The summed E-state index contributed by atoms with van der Waals surface area (Å²) in [7, 11) is 0. The SMILES string of the molecule is O=C(C[C@@H]1CC[C@H](c2ccccc2)C1)Nc1ccc(F)cc1.O=C(C[C@H]1CC[C@H](c2ccccc2)C1)Nc1ccc(F)cc1. The Morgan fingerprint density at radius 2 is 0.886 bits per heavy atom. The Bertz CT molecular complexity index is 1360. The number of carbonyl (C=O) groups excluding carboxylic acids is 2. The highest BCUT2D eigenvalue weighted by Gasteiger charge is 2.28. The second-order valence-electron chi connectivity index (χ2n) is 12.1. The van der Waals surface area contributed by atoms with Crippen LogP contribution in [0.15, 0.2) is 109 Å². The fraction of sp³-hybridized carbons (Fsp3) is 0.316. The van der Waals surface area contributed by atoms with Crippen LogP contribution in [0, 0.1) is 23.5 Å². The van der Waals surface area contributed by atoms with Crippen LogP contribution in [0.2, 0.25) is 0 Å². The normalized spacial score (nSPS) is 20.8. The van der Waals surface area contributed by atoms with Gasteiger partial charge in [0.2, 0.25) is 11.8 Å². The van der Waals surface area contributed by atoms with Gasteiger partial charge in [-0.2, -0.15) is 0 Å². The molecule has 4 nitrogen and oxygen atoms in total. The van der Waals surface area contributed by atoms with E-state index in [0.717, 1.165) is 38.5 Å². The zero-order chi connectivity index (χ0) is 30.7. The summed E-state index contributed by atoms with van der Waals surface area (Å²) in [5.74, 6) is 1.47. The quantitative estimate of drug-likeness (QED) is 0.213. The molecule has 228 valence electrons. The maximum atomic E-state index is 12.8. The Kier molecular flexibility index (Phi) is 10.9. The highest BCUT2D eigenvalue weighted by atomic mass is 19.1. The molecule has 0 radical (unpaired) electrons. The Morgan fingerprint density at radius 1 is 0.523 bits per heavy atom. The third-order valence-corrected chi connectivity index (χ3v) is 8.83. The molecule has 2 saturated carbocycles. The van der Waals surface area contributed by atoms with Crippen molar-refractivity contribution in [1.29, 1.82) is 0 Å². The summed E-state index contributed by atoms with van der Waals surface area (Å²) in [5.41, 5.74) is 4.07. The topological polar surface area (TPSA) is 58.2 Å². The average Bonchev–Trinajstić information content (AvgIpc) is 3.71. The molecule has 2 amide bonds. The van der Waals surface area contributed by atoms with Crippen molar-refractivity contribution in [2.75, 3.05) is 10.6 Å². The highest BCUT2D eigenvalue weighted by Crippen LogP contribution is 2.40. The zero-order valence-electron chi connectivity index (χ0n) is 24.9. The lowest BCUT2D eigenvalue weighted by Gasteiger charge is -2.12. The van der Waals surface area contributed by atoms with Crippen LogP contribution < -0.4 is 10.6 Å². The van der Waals surface area contributed by atoms with Gasteiger partial charge in [-0.3, -0.25) is 9.59 Å². The van der Waals surface area contributed by atoms with Gasteiger partial charge in [0.1, 0.15) is 11.6 Å². The monoisotopic (exact) mass is 594 g/mol. The number of rotatable bonds is 8. The minimum Gasteiger partial charge on any atom is -0.326 e. The lowest BCUT2D eigenvalue weighted by Crippen LogP contribution is -2.15. The first-order chi connectivity index (χ1) is 21.4. The first kappa shape index (κ1) is 31.1. The van der Waals surface area contributed by atoms with Crippen LogP contribution in [0.5, 0.6) is 0 Å². The van der Waals surface area contributed by atoms with Crippen LogP contribution in [0.3, 0.4) is 0 Å². The van der Waals surface area contributed by atoms with Crippen LogP contribution in [-0.4, -0.2) is 11.8 Å². The van der Waals surface area contributed by atoms with Crippen LogP contribution in [0.1, 0.15) is 74.3 Å². The minimum atomic E-state index is -0.292. The molecule has 0 saturated heterocycles. The van der Waals surface area contributed by atoms with E-state index in [9.17, 15) is 18.4 Å². The van der Waals surface area contributed by atoms with E-state index in [4.69, 9.17) is 0 Å². The van der Waals surface area contributed by atoms with Crippen LogP contribution in [0.25, 0.3) is 0 Å². The van der Waals surface area contributed by atoms with E-state index >= 15 is 0 Å². The van der Waals surface area contributed by atoms with Gasteiger partial charge in [-0.05, 0) is 122 Å². The molecular formula is C38H40F2N2O2. The zero-order valence-corrected chi connectivity index (χ0v) is 24.9. The first-order valence-electron chi connectivity index (χ1n) is 15.6. The van der Waals surface area contributed by atoms with Gasteiger partial charge in [0.15, 0.2) is 0 Å². The van der Waals surface area contributed by atoms with Gasteiger partial charge in [-0.1, -0.05) is 60.7 Å². The molecule has 2 fully saturated rings. The fourth-order valence-electron chi connectivity index (χ4n) is 6.59. The smallest absolute Gasteiger partial charge is 0.224 e. The Balaban J connectivity index is 0.000000175. The summed E-state index contributed by atoms with van der Waals surface area (Å²) in [5, 5.41) is 5.69. The van der Waals surface area contributed by atoms with Gasteiger partial charge in [0, 0.05) is 24.2 Å². The number of nitrogens with one attached hydrogen (secondary N) is 2. The Morgan fingerprint density at radius 3 is 1.25 bits per heavy atom. The number of benzene rings is 4. The lowest BCUT2D eigenvalue weighted by atomic mass is 9.95. The maximum absolute atomic E-state index is 12.8. The average molecular weight is 595 g/mol. The van der Waals surface area contributed by atoms with Gasteiger partial charge in [0.25, 0.3) is 0 Å². The molecule has 2 N–H and O–H groups in total. The standard InChI is InChI=1S/2C19H20FNO/c2*20-17-8-10-18(11-9-17)21-19(22)13-14-6-7-16(12-14)15-4-2-1-3-5-15/h2*1-5,8-11,14,16H,6-7,12-13H2,(H,21,22)/t14-,16+;14-,16-/m10/s1. The molecule has 6 heteroatoms. The molecule has 2 aliphatic carbocycles. The van der Waals surface area contributed by atoms with Crippen molar-refractivity contribution in [3.63, 3.8) is 0 Å². The van der Waals surface area contributed by atoms with E-state index in [1.54, 1.807) is 24.3 Å². The third kappa shape index (κ3) is 9.34. The van der Waals surface area contributed by atoms with Crippen molar-refractivity contribution >= 4 is 23.2 Å². The van der Waals surface area contributed by atoms with E-state index in [0.29, 0.717) is 47.9 Å². The molecule has 0 spiro atoms. The summed E-state index contributed by atoms with van der Waals surface area (Å²) in [6, 6.07) is 32.8. The summed E-state index contributed by atoms with van der Waals surface area (Å²) in [4.78, 5) is 24.2. The molecule has 0 aliphatic heterocycles. The molecule has 4 aromatic rings. The molecule has 4 atom stereocenters. The lowest BCUT2D eigenvalue weighted by molar-refractivity contribution is -0.117. The second kappa shape index (κ2) is 15.4. The Hall–Kier alpha value is -4.32. The van der Waals surface area contributed by atoms with Gasteiger partial charge >= 0.3 is 0 Å². The summed E-state index contributed by atoms with van der Waals surface area (Å²) < 4.78 is 25.7. The van der Waals surface area contributed by atoms with Gasteiger partial charge in [0.05, 0.1) is 0 Å². The van der Waals surface area contributed by atoms with Crippen molar-refractivity contribution in [1.82, 2.24) is 0 Å². The van der Waals surface area contributed by atoms with E-state index in [2.05, 4.69) is 59.2 Å². The molecule has 44 heavy (non-hydrogen) atoms. The molecular weight excluding hydrogens is 554 g/mol. The number of carbonyl (C=O) groups is 2. The molecule has 6 rings (SSSR count). The molecule has 0 bridgehead atoms. The number of hydrogen-bond donors (Lipinski definition) is 2. The predicted molar refractivity (Wildman–Crippen MR) is 172 cm³/mol. The van der Waals surface area contributed by atoms with Crippen molar-refractivity contribution in [3.05, 3.63) is 132 Å². The summed E-state index contributed by atoms with van der Waals surface area (Å²) in [6.45, 7) is 0. The first-order valence-corrected chi connectivity index (χ1v) is 15.6. The minimum absolute atomic E-state index is 0.0188. The van der Waals surface area contributed by atoms with Crippen molar-refractivity contribution in [2.24, 2.45) is 11.8 Å². The summed E-state index contributed by atoms with van der Waals surface area (Å²) in [6.07, 6.45) is 7.72. The number of amides is 2. The number of anilines is 2. The van der Waals surface area contributed by atoms with E-state index in [1.165, 1.54) is 35.4 Å². The maximum Gasteiger partial charge on any atom is 0.224 e. The molecule has 0 unspecified atom stereocenters. The molecule has 0 heterocycles. The predicted octanol–water partition coefficient (Wildman–Crippen LogP) is 9.48. The van der Waals surface area contributed by atoms with Crippen LogP contribution in [0.4, 0.5) is 20.2 Å². The van der Waals surface area contributed by atoms with E-state index < -0.39 is 0 Å². The van der Waals surface area contributed by atoms with Gasteiger partial charge < -0.3 is 10.6 Å². The van der Waals surface area contributed by atoms with E-state index in [-0.39, 0.29) is 23.4 Å². The summed E-state index contributed by atoms with van der Waals surface area (Å²) >= 11 is 0. The van der Waals surface area contributed by atoms with Crippen molar-refractivity contribution < 1.29 is 18.4 Å². The largest absolute Gasteiger partial charge is 0.326 e. The molecule has 2 aliphatic rings. The number of hydrogen-bond acceptors (Lipinski definition) is 2. The fourth-order valence-corrected chi connectivity index (χ4v) is 6.59. The second-order valence-corrected chi connectivity index (χ2v) is 12.1. The van der Waals surface area contributed by atoms with Crippen molar-refractivity contribution in [2.45, 2.75) is 63.2 Å². The van der Waals surface area contributed by atoms with Crippen LogP contribution in [-0.2, 0) is 9.59 Å². The van der Waals surface area contributed by atoms with Gasteiger partial charge in [-0.15, -0.1) is 0 Å². The van der Waals surface area contributed by atoms with Crippen molar-refractivity contribution in [3.8, 4) is 0 Å². The highest BCUT2D eigenvalue weighted by molar-refractivity contribution is 5.91. The van der Waals surface area contributed by atoms with Crippen LogP contribution >= 0.6 is 0 Å². The van der Waals surface area contributed by atoms with Gasteiger partial charge in [-0.25, -0.2) is 8.78 Å². The molecule has 4 aromatic carbocycles. The Labute approximate surface area is 258 Å². The van der Waals surface area contributed by atoms with E-state index in [1.807, 2.05) is 12.1 Å². The molecule has 0 aromatic heterocycles. The third-order valence-electron chi connectivity index (χ3n) is 8.83.